The fourth-order valence-corrected chi connectivity index (χ4v) is 9.46. The van der Waals surface area contributed by atoms with E-state index in [1.165, 1.54) is 44.9 Å². The van der Waals surface area contributed by atoms with Gasteiger partial charge in [-0.25, -0.2) is 0 Å². The highest BCUT2D eigenvalue weighted by Gasteiger charge is 2.59. The second-order valence-corrected chi connectivity index (χ2v) is 12.7. The minimum absolute atomic E-state index is 0.191. The molecule has 4 fully saturated rings. The average Bonchev–Trinajstić information content (AvgIpc) is 3.24. The van der Waals surface area contributed by atoms with Crippen LogP contribution in [0.5, 0.6) is 0 Å². The predicted octanol–water partition coefficient (Wildman–Crippen LogP) is 5.42. The molecule has 0 saturated heterocycles. The molecule has 4 aliphatic rings. The summed E-state index contributed by atoms with van der Waals surface area (Å²) in [5.74, 6) is 6.82. The Kier molecular flexibility index (Phi) is 5.98. The summed E-state index contributed by atoms with van der Waals surface area (Å²) in [5, 5.41) is 27.2. The topological polar surface area (TPSA) is 58.3 Å². The lowest BCUT2D eigenvalue weighted by atomic mass is 9.43. The highest BCUT2D eigenvalue weighted by atomic mass is 16.3. The molecule has 4 heteroatoms. The van der Waals surface area contributed by atoms with Crippen LogP contribution in [0.3, 0.4) is 0 Å². The third-order valence-electron chi connectivity index (χ3n) is 11.0. The van der Waals surface area contributed by atoms with E-state index in [1.807, 2.05) is 17.8 Å². The number of hydrogen-bond donors (Lipinski definition) is 2. The van der Waals surface area contributed by atoms with Gasteiger partial charge in [-0.1, -0.05) is 26.2 Å². The molecule has 4 aliphatic carbocycles. The van der Waals surface area contributed by atoms with E-state index in [9.17, 15) is 10.2 Å². The molecule has 0 spiro atoms. The second-order valence-electron chi connectivity index (χ2n) is 12.7. The number of aliphatic hydroxyl groups is 2. The molecule has 1 aromatic heterocycles. The maximum atomic E-state index is 11.8. The molecule has 9 atom stereocenters. The van der Waals surface area contributed by atoms with Gasteiger partial charge in [0, 0.05) is 6.20 Å². The van der Waals surface area contributed by atoms with E-state index in [0.29, 0.717) is 12.5 Å². The molecule has 0 radical (unpaired) electrons. The molecule has 4 saturated carbocycles. The summed E-state index contributed by atoms with van der Waals surface area (Å²) < 4.78 is 1.84. The molecule has 33 heavy (non-hydrogen) atoms. The zero-order valence-electron chi connectivity index (χ0n) is 21.0. The van der Waals surface area contributed by atoms with Crippen LogP contribution in [0.15, 0.2) is 12.4 Å². The molecule has 1 heterocycles. The Bertz CT molecular complexity index is 900. The Hall–Kier alpha value is -1.31. The van der Waals surface area contributed by atoms with E-state index in [1.54, 1.807) is 6.20 Å². The summed E-state index contributed by atoms with van der Waals surface area (Å²) in [5.41, 5.74) is -0.232. The fourth-order valence-electron chi connectivity index (χ4n) is 9.46. The Labute approximate surface area is 200 Å². The van der Waals surface area contributed by atoms with Crippen molar-refractivity contribution in [1.29, 1.82) is 0 Å². The van der Waals surface area contributed by atoms with E-state index < -0.39 is 11.2 Å². The van der Waals surface area contributed by atoms with Crippen molar-refractivity contribution in [3.05, 3.63) is 18.0 Å². The third-order valence-corrected chi connectivity index (χ3v) is 11.0. The van der Waals surface area contributed by atoms with Gasteiger partial charge in [-0.3, -0.25) is 4.68 Å². The number of nitrogens with zero attached hydrogens (tertiary/aromatic N) is 2. The number of fused-ring (bicyclic) bond motifs is 5. The first-order valence-corrected chi connectivity index (χ1v) is 13.6. The van der Waals surface area contributed by atoms with E-state index in [4.69, 9.17) is 6.42 Å². The van der Waals surface area contributed by atoms with Gasteiger partial charge in [-0.2, -0.15) is 5.10 Å². The van der Waals surface area contributed by atoms with Gasteiger partial charge in [-0.05, 0) is 112 Å². The lowest BCUT2D eigenvalue weighted by molar-refractivity contribution is -0.171. The van der Waals surface area contributed by atoms with Crippen LogP contribution in [-0.4, -0.2) is 31.2 Å². The van der Waals surface area contributed by atoms with Crippen LogP contribution in [0.25, 0.3) is 0 Å². The SMILES string of the molecule is C#Cc1cnn(C[C@](C)(O)[C@H]2CCC[C@H]3[C@@H]4CC[C@H]5C[C@@](O)(CC)CC[C@@H]5[C@H]4CC[C@@]32C)c1. The molecule has 5 rings (SSSR count). The van der Waals surface area contributed by atoms with Gasteiger partial charge in [0.25, 0.3) is 0 Å². The molecule has 4 nitrogen and oxygen atoms in total. The van der Waals surface area contributed by atoms with Crippen LogP contribution < -0.4 is 0 Å². The summed E-state index contributed by atoms with van der Waals surface area (Å²) >= 11 is 0. The highest BCUT2D eigenvalue weighted by Crippen LogP contribution is 2.64. The first kappa shape index (κ1) is 23.4. The van der Waals surface area contributed by atoms with Gasteiger partial charge < -0.3 is 10.2 Å². The molecule has 0 aromatic carbocycles. The van der Waals surface area contributed by atoms with Gasteiger partial charge >= 0.3 is 0 Å². The van der Waals surface area contributed by atoms with Gasteiger partial charge in [0.1, 0.15) is 0 Å². The van der Waals surface area contributed by atoms with Gasteiger partial charge in [-0.15, -0.1) is 6.42 Å². The van der Waals surface area contributed by atoms with Crippen LogP contribution in [-0.2, 0) is 6.54 Å². The van der Waals surface area contributed by atoms with Crippen molar-refractivity contribution in [2.45, 2.75) is 109 Å². The van der Waals surface area contributed by atoms with Gasteiger partial charge in [0.2, 0.25) is 0 Å². The van der Waals surface area contributed by atoms with Crippen molar-refractivity contribution in [2.75, 3.05) is 0 Å². The molecule has 182 valence electrons. The summed E-state index contributed by atoms with van der Waals surface area (Å²) in [7, 11) is 0. The largest absolute Gasteiger partial charge is 0.390 e. The highest BCUT2D eigenvalue weighted by molar-refractivity contribution is 5.26. The van der Waals surface area contributed by atoms with Crippen molar-refractivity contribution in [3.8, 4) is 12.3 Å². The lowest BCUT2D eigenvalue weighted by Gasteiger charge is -2.62. The molecule has 0 aliphatic heterocycles. The summed E-state index contributed by atoms with van der Waals surface area (Å²) in [6.07, 6.45) is 22.1. The number of hydrogen-bond acceptors (Lipinski definition) is 3. The minimum atomic E-state index is -0.794. The maximum Gasteiger partial charge on any atom is 0.0848 e. The van der Waals surface area contributed by atoms with E-state index in [0.717, 1.165) is 54.9 Å². The van der Waals surface area contributed by atoms with Gasteiger partial charge in [0.05, 0.1) is 29.5 Å². The van der Waals surface area contributed by atoms with Crippen LogP contribution in [0.1, 0.15) is 97.0 Å². The molecule has 0 amide bonds. The van der Waals surface area contributed by atoms with E-state index in [2.05, 4.69) is 24.9 Å². The monoisotopic (exact) mass is 452 g/mol. The van der Waals surface area contributed by atoms with E-state index >= 15 is 0 Å². The van der Waals surface area contributed by atoms with Crippen LogP contribution in [0, 0.1) is 53.3 Å². The fraction of sp³-hybridized carbons (Fsp3) is 0.828. The Balaban J connectivity index is 1.35. The third kappa shape index (κ3) is 3.98. The predicted molar refractivity (Wildman–Crippen MR) is 131 cm³/mol. The van der Waals surface area contributed by atoms with Crippen molar-refractivity contribution in [3.63, 3.8) is 0 Å². The maximum absolute atomic E-state index is 11.8. The molecule has 0 bridgehead atoms. The average molecular weight is 453 g/mol. The molecular formula is C29H44N2O2. The smallest absolute Gasteiger partial charge is 0.0848 e. The van der Waals surface area contributed by atoms with Crippen molar-refractivity contribution >= 4 is 0 Å². The Morgan fingerprint density at radius 1 is 1.15 bits per heavy atom. The summed E-state index contributed by atoms with van der Waals surface area (Å²) in [4.78, 5) is 0. The van der Waals surface area contributed by atoms with Crippen molar-refractivity contribution in [1.82, 2.24) is 9.78 Å². The van der Waals surface area contributed by atoms with E-state index in [-0.39, 0.29) is 11.3 Å². The number of rotatable bonds is 4. The normalized spacial score (nSPS) is 44.6. The first-order valence-electron chi connectivity index (χ1n) is 13.6. The number of aromatic nitrogens is 2. The first-order chi connectivity index (χ1) is 15.7. The lowest BCUT2D eigenvalue weighted by Crippen LogP contribution is -2.58. The molecular weight excluding hydrogens is 408 g/mol. The second kappa shape index (κ2) is 8.42. The van der Waals surface area contributed by atoms with Crippen molar-refractivity contribution < 1.29 is 10.2 Å². The Morgan fingerprint density at radius 2 is 1.94 bits per heavy atom. The minimum Gasteiger partial charge on any atom is -0.390 e. The summed E-state index contributed by atoms with van der Waals surface area (Å²) in [6, 6.07) is 0. The summed E-state index contributed by atoms with van der Waals surface area (Å²) in [6.45, 7) is 7.21. The quantitative estimate of drug-likeness (QED) is 0.600. The zero-order chi connectivity index (χ0) is 23.4. The van der Waals surface area contributed by atoms with Crippen LogP contribution in [0.2, 0.25) is 0 Å². The van der Waals surface area contributed by atoms with Crippen LogP contribution in [0.4, 0.5) is 0 Å². The number of terminal acetylenes is 1. The Morgan fingerprint density at radius 3 is 2.67 bits per heavy atom. The molecule has 1 aromatic rings. The molecule has 0 unspecified atom stereocenters. The van der Waals surface area contributed by atoms with Crippen molar-refractivity contribution in [2.24, 2.45) is 40.9 Å². The zero-order valence-corrected chi connectivity index (χ0v) is 21.0. The van der Waals surface area contributed by atoms with Crippen LogP contribution >= 0.6 is 0 Å². The van der Waals surface area contributed by atoms with Gasteiger partial charge in [0.15, 0.2) is 0 Å². The molecule has 2 N–H and O–H groups in total. The standard InChI is InChI=1S/C29H44N2O2/c1-5-20-17-30-31(18-20)19-28(4,32)26-9-7-8-25-24-11-10-21-16-29(33,6-2)15-13-22(21)23(24)12-14-27(25,26)3/h1,17-18,21-26,32-33H,6-16,19H2,2-4H3/t21-,22-,23+,24+,25-,26-,27-,28-,29+/m0/s1.